The predicted octanol–water partition coefficient (Wildman–Crippen LogP) is 2.00. The second kappa shape index (κ2) is 7.94. The van der Waals surface area contributed by atoms with E-state index in [4.69, 9.17) is 0 Å². The number of halogens is 1. The second-order valence-electron chi connectivity index (χ2n) is 6.26. The molecule has 2 unspecified atom stereocenters. The van der Waals surface area contributed by atoms with Crippen LogP contribution in [-0.2, 0) is 16.6 Å². The van der Waals surface area contributed by atoms with Crippen LogP contribution in [0.15, 0.2) is 24.3 Å². The van der Waals surface area contributed by atoms with Gasteiger partial charge in [-0.1, -0.05) is 30.7 Å². The third kappa shape index (κ3) is 4.25. The zero-order valence-electron chi connectivity index (χ0n) is 13.5. The molecule has 0 bridgehead atoms. The van der Waals surface area contributed by atoms with Gasteiger partial charge in [-0.2, -0.15) is 12.7 Å². The number of fused-ring (bicyclic) bond motifs is 1. The summed E-state index contributed by atoms with van der Waals surface area (Å²) in [5.74, 6) is 0. The summed E-state index contributed by atoms with van der Waals surface area (Å²) < 4.78 is 29.5. The molecular formula is C16H26ClN3O2S. The highest BCUT2D eigenvalue weighted by Crippen LogP contribution is 2.23. The fraction of sp³-hybridized carbons (Fsp3) is 0.625. The topological polar surface area (TPSA) is 61.4 Å². The smallest absolute Gasteiger partial charge is 0.279 e. The van der Waals surface area contributed by atoms with Crippen molar-refractivity contribution in [2.75, 3.05) is 19.6 Å². The lowest BCUT2D eigenvalue weighted by Crippen LogP contribution is -2.49. The summed E-state index contributed by atoms with van der Waals surface area (Å²) in [6, 6.07) is 8.42. The van der Waals surface area contributed by atoms with E-state index < -0.39 is 10.2 Å². The molecule has 0 amide bonds. The lowest BCUT2D eigenvalue weighted by Gasteiger charge is -2.33. The third-order valence-electron chi connectivity index (χ3n) is 4.74. The van der Waals surface area contributed by atoms with Crippen molar-refractivity contribution in [3.63, 3.8) is 0 Å². The average Bonchev–Trinajstić information content (AvgIpc) is 2.53. The first-order valence-electron chi connectivity index (χ1n) is 8.15. The summed E-state index contributed by atoms with van der Waals surface area (Å²) in [7, 11) is -3.39. The molecule has 0 spiro atoms. The second-order valence-corrected chi connectivity index (χ2v) is 7.97. The zero-order chi connectivity index (χ0) is 15.6. The van der Waals surface area contributed by atoms with Crippen molar-refractivity contribution in [3.05, 3.63) is 35.4 Å². The maximum atomic E-state index is 12.5. The summed E-state index contributed by atoms with van der Waals surface area (Å²) in [5.41, 5.74) is 2.53. The fourth-order valence-electron chi connectivity index (χ4n) is 3.48. The van der Waals surface area contributed by atoms with Crippen molar-refractivity contribution in [1.82, 2.24) is 14.3 Å². The van der Waals surface area contributed by atoms with Crippen LogP contribution < -0.4 is 10.0 Å². The SMILES string of the molecule is CC1CCCCN1S(=O)(=O)NCC1NCCc2ccccc21.Cl. The summed E-state index contributed by atoms with van der Waals surface area (Å²) in [6.07, 6.45) is 4.02. The van der Waals surface area contributed by atoms with E-state index in [1.54, 1.807) is 4.31 Å². The molecule has 7 heteroatoms. The molecule has 5 nitrogen and oxygen atoms in total. The first kappa shape index (κ1) is 18.7. The van der Waals surface area contributed by atoms with E-state index >= 15 is 0 Å². The Morgan fingerprint density at radius 1 is 1.30 bits per heavy atom. The lowest BCUT2D eigenvalue weighted by molar-refractivity contribution is 0.264. The zero-order valence-corrected chi connectivity index (χ0v) is 15.1. The van der Waals surface area contributed by atoms with E-state index in [1.165, 1.54) is 11.1 Å². The molecule has 2 heterocycles. The van der Waals surface area contributed by atoms with Crippen LogP contribution in [0, 0.1) is 0 Å². The van der Waals surface area contributed by atoms with E-state index in [9.17, 15) is 8.42 Å². The van der Waals surface area contributed by atoms with Gasteiger partial charge in [0.2, 0.25) is 0 Å². The van der Waals surface area contributed by atoms with Crippen LogP contribution in [0.2, 0.25) is 0 Å². The minimum Gasteiger partial charge on any atom is -0.308 e. The standard InChI is InChI=1S/C16H25N3O2S.ClH/c1-13-6-4-5-11-19(13)22(20,21)18-12-16-15-8-3-2-7-14(15)9-10-17-16;/h2-3,7-8,13,16-18H,4-6,9-12H2,1H3;1H. The van der Waals surface area contributed by atoms with Gasteiger partial charge in [0.25, 0.3) is 10.2 Å². The summed E-state index contributed by atoms with van der Waals surface area (Å²) >= 11 is 0. The molecule has 2 aliphatic heterocycles. The Kier molecular flexibility index (Phi) is 6.45. The maximum absolute atomic E-state index is 12.5. The van der Waals surface area contributed by atoms with Gasteiger partial charge in [0.05, 0.1) is 0 Å². The molecule has 0 aliphatic carbocycles. The fourth-order valence-corrected chi connectivity index (χ4v) is 4.97. The van der Waals surface area contributed by atoms with Crippen molar-refractivity contribution >= 4 is 22.6 Å². The molecule has 1 fully saturated rings. The van der Waals surface area contributed by atoms with Crippen molar-refractivity contribution in [1.29, 1.82) is 0 Å². The van der Waals surface area contributed by atoms with E-state index in [1.807, 2.05) is 19.1 Å². The van der Waals surface area contributed by atoms with E-state index in [2.05, 4.69) is 22.2 Å². The number of benzene rings is 1. The van der Waals surface area contributed by atoms with Gasteiger partial charge in [-0.05, 0) is 43.9 Å². The van der Waals surface area contributed by atoms with E-state index in [0.717, 1.165) is 32.2 Å². The monoisotopic (exact) mass is 359 g/mol. The highest BCUT2D eigenvalue weighted by Gasteiger charge is 2.30. The van der Waals surface area contributed by atoms with Gasteiger partial charge in [-0.15, -0.1) is 12.4 Å². The van der Waals surface area contributed by atoms with Gasteiger partial charge < -0.3 is 5.32 Å². The van der Waals surface area contributed by atoms with Crippen LogP contribution in [0.25, 0.3) is 0 Å². The van der Waals surface area contributed by atoms with Gasteiger partial charge in [-0.3, -0.25) is 0 Å². The number of hydrogen-bond acceptors (Lipinski definition) is 3. The molecule has 0 aromatic heterocycles. The van der Waals surface area contributed by atoms with Gasteiger partial charge in [0.15, 0.2) is 0 Å². The first-order valence-corrected chi connectivity index (χ1v) is 9.59. The Hall–Kier alpha value is -0.660. The van der Waals surface area contributed by atoms with Crippen LogP contribution in [0.5, 0.6) is 0 Å². The quantitative estimate of drug-likeness (QED) is 0.864. The largest absolute Gasteiger partial charge is 0.308 e. The molecule has 2 N–H and O–H groups in total. The van der Waals surface area contributed by atoms with Crippen LogP contribution in [0.4, 0.5) is 0 Å². The minimum atomic E-state index is -3.39. The van der Waals surface area contributed by atoms with Gasteiger partial charge >= 0.3 is 0 Å². The maximum Gasteiger partial charge on any atom is 0.279 e. The van der Waals surface area contributed by atoms with E-state index in [0.29, 0.717) is 13.1 Å². The summed E-state index contributed by atoms with van der Waals surface area (Å²) in [4.78, 5) is 0. The predicted molar refractivity (Wildman–Crippen MR) is 95.1 cm³/mol. The lowest BCUT2D eigenvalue weighted by atomic mass is 9.95. The highest BCUT2D eigenvalue weighted by molar-refractivity contribution is 7.87. The van der Waals surface area contributed by atoms with Crippen molar-refractivity contribution < 1.29 is 8.42 Å². The molecule has 1 aromatic carbocycles. The molecule has 23 heavy (non-hydrogen) atoms. The van der Waals surface area contributed by atoms with Crippen LogP contribution >= 0.6 is 12.4 Å². The van der Waals surface area contributed by atoms with Crippen LogP contribution in [0.1, 0.15) is 43.4 Å². The highest BCUT2D eigenvalue weighted by atomic mass is 35.5. The molecule has 0 radical (unpaired) electrons. The molecule has 0 saturated carbocycles. The summed E-state index contributed by atoms with van der Waals surface area (Å²) in [6.45, 7) is 3.92. The first-order chi connectivity index (χ1) is 10.6. The van der Waals surface area contributed by atoms with Crippen molar-refractivity contribution in [2.24, 2.45) is 0 Å². The van der Waals surface area contributed by atoms with Crippen LogP contribution in [-0.4, -0.2) is 38.4 Å². The summed E-state index contributed by atoms with van der Waals surface area (Å²) in [5, 5.41) is 3.42. The van der Waals surface area contributed by atoms with Crippen LogP contribution in [0.3, 0.4) is 0 Å². The Balaban J connectivity index is 0.00000192. The van der Waals surface area contributed by atoms with Crippen molar-refractivity contribution in [2.45, 2.75) is 44.7 Å². The molecule has 130 valence electrons. The van der Waals surface area contributed by atoms with E-state index in [-0.39, 0.29) is 24.5 Å². The van der Waals surface area contributed by atoms with Gasteiger partial charge in [0.1, 0.15) is 0 Å². The number of piperidine rings is 1. The Morgan fingerprint density at radius 3 is 2.87 bits per heavy atom. The number of rotatable bonds is 4. The molecule has 2 aliphatic rings. The minimum absolute atomic E-state index is 0. The van der Waals surface area contributed by atoms with Crippen molar-refractivity contribution in [3.8, 4) is 0 Å². The molecule has 2 atom stereocenters. The average molecular weight is 360 g/mol. The molecule has 3 rings (SSSR count). The number of nitrogens with zero attached hydrogens (tertiary/aromatic N) is 1. The molecular weight excluding hydrogens is 334 g/mol. The normalized spacial score (nSPS) is 25.4. The molecule has 1 aromatic rings. The number of hydrogen-bond donors (Lipinski definition) is 2. The Morgan fingerprint density at radius 2 is 2.09 bits per heavy atom. The van der Waals surface area contributed by atoms with Gasteiger partial charge in [0, 0.05) is 25.2 Å². The number of nitrogens with one attached hydrogen (secondary N) is 2. The van der Waals surface area contributed by atoms with Gasteiger partial charge in [-0.25, -0.2) is 4.72 Å². The Labute approximate surface area is 145 Å². The Bertz CT molecular complexity index is 624. The molecule has 1 saturated heterocycles. The third-order valence-corrected chi connectivity index (χ3v) is 6.43.